The van der Waals surface area contributed by atoms with Crippen molar-refractivity contribution in [1.82, 2.24) is 14.5 Å². The molecular formula is C19H28ClN3O3S. The molecule has 0 bridgehead atoms. The van der Waals surface area contributed by atoms with Gasteiger partial charge in [-0.3, -0.25) is 4.79 Å². The fourth-order valence-corrected chi connectivity index (χ4v) is 5.65. The molecule has 0 aliphatic carbocycles. The highest BCUT2D eigenvalue weighted by atomic mass is 35.5. The first-order valence-electron chi connectivity index (χ1n) is 9.55. The molecule has 0 atom stereocenters. The van der Waals surface area contributed by atoms with Crippen molar-refractivity contribution < 1.29 is 13.2 Å². The van der Waals surface area contributed by atoms with Gasteiger partial charge in [-0.15, -0.1) is 0 Å². The molecule has 0 radical (unpaired) electrons. The minimum absolute atomic E-state index is 0.0766. The molecule has 6 nitrogen and oxygen atoms in total. The zero-order chi connectivity index (χ0) is 19.4. The van der Waals surface area contributed by atoms with E-state index in [1.807, 2.05) is 0 Å². The molecule has 1 amide bonds. The molecule has 0 aromatic heterocycles. The van der Waals surface area contributed by atoms with E-state index in [0.717, 1.165) is 25.9 Å². The van der Waals surface area contributed by atoms with Gasteiger partial charge in [0.1, 0.15) is 0 Å². The normalized spacial score (nSPS) is 21.3. The number of amides is 1. The molecule has 2 saturated heterocycles. The number of rotatable bonds is 5. The second-order valence-corrected chi connectivity index (χ2v) is 9.98. The standard InChI is InChI=1S/C19H28ClN3O3S/c1-22-10-8-17(9-11-22)21-19(24)15-6-12-23(13-7-15)27(25,26)14-16-4-2-3-5-18(16)20/h2-5,15,17H,6-14H2,1H3,(H,21,24). The number of sulfonamides is 1. The summed E-state index contributed by atoms with van der Waals surface area (Å²) in [6.45, 7) is 2.78. The van der Waals surface area contributed by atoms with Gasteiger partial charge in [0.2, 0.25) is 15.9 Å². The van der Waals surface area contributed by atoms with Crippen molar-refractivity contribution in [3.8, 4) is 0 Å². The van der Waals surface area contributed by atoms with E-state index in [1.165, 1.54) is 4.31 Å². The zero-order valence-electron chi connectivity index (χ0n) is 15.7. The number of halogens is 1. The molecule has 8 heteroatoms. The van der Waals surface area contributed by atoms with E-state index in [-0.39, 0.29) is 23.6 Å². The number of hydrogen-bond acceptors (Lipinski definition) is 4. The Kier molecular flexibility index (Phi) is 6.78. The fraction of sp³-hybridized carbons (Fsp3) is 0.632. The number of nitrogens with zero attached hydrogens (tertiary/aromatic N) is 2. The van der Waals surface area contributed by atoms with Gasteiger partial charge in [-0.2, -0.15) is 0 Å². The Balaban J connectivity index is 1.50. The minimum Gasteiger partial charge on any atom is -0.353 e. The van der Waals surface area contributed by atoms with Crippen LogP contribution >= 0.6 is 11.6 Å². The Hall–Kier alpha value is -1.15. The molecule has 0 spiro atoms. The monoisotopic (exact) mass is 413 g/mol. The molecule has 27 heavy (non-hydrogen) atoms. The fourth-order valence-electron chi connectivity index (χ4n) is 3.77. The average molecular weight is 414 g/mol. The van der Waals surface area contributed by atoms with Crippen molar-refractivity contribution >= 4 is 27.5 Å². The van der Waals surface area contributed by atoms with Crippen LogP contribution in [-0.2, 0) is 20.6 Å². The highest BCUT2D eigenvalue weighted by molar-refractivity contribution is 7.88. The number of carbonyl (C=O) groups is 1. The molecule has 2 aliphatic rings. The van der Waals surface area contributed by atoms with Gasteiger partial charge in [-0.1, -0.05) is 29.8 Å². The summed E-state index contributed by atoms with van der Waals surface area (Å²) >= 11 is 6.10. The molecule has 1 aromatic rings. The van der Waals surface area contributed by atoms with Gasteiger partial charge < -0.3 is 10.2 Å². The van der Waals surface area contributed by atoms with Crippen LogP contribution < -0.4 is 5.32 Å². The van der Waals surface area contributed by atoms with Crippen molar-refractivity contribution in [2.75, 3.05) is 33.2 Å². The number of carbonyl (C=O) groups excluding carboxylic acids is 1. The maximum Gasteiger partial charge on any atom is 0.223 e. The quantitative estimate of drug-likeness (QED) is 0.802. The van der Waals surface area contributed by atoms with Gasteiger partial charge in [-0.25, -0.2) is 12.7 Å². The molecule has 3 rings (SSSR count). The number of benzene rings is 1. The summed E-state index contributed by atoms with van der Waals surface area (Å²) in [6.07, 6.45) is 3.10. The maximum atomic E-state index is 12.7. The van der Waals surface area contributed by atoms with Crippen LogP contribution in [0.4, 0.5) is 0 Å². The number of piperidine rings is 2. The summed E-state index contributed by atoms with van der Waals surface area (Å²) in [5.41, 5.74) is 0.612. The molecule has 150 valence electrons. The SMILES string of the molecule is CN1CCC(NC(=O)C2CCN(S(=O)(=O)Cc3ccccc3Cl)CC2)CC1. The van der Waals surface area contributed by atoms with Gasteiger partial charge in [0.15, 0.2) is 0 Å². The smallest absolute Gasteiger partial charge is 0.223 e. The van der Waals surface area contributed by atoms with Crippen LogP contribution in [0.3, 0.4) is 0 Å². The second kappa shape index (κ2) is 8.90. The van der Waals surface area contributed by atoms with Crippen LogP contribution in [0.5, 0.6) is 0 Å². The lowest BCUT2D eigenvalue weighted by Crippen LogP contribution is -2.48. The van der Waals surface area contributed by atoms with Crippen LogP contribution in [0.2, 0.25) is 5.02 Å². The maximum absolute atomic E-state index is 12.7. The highest BCUT2D eigenvalue weighted by Gasteiger charge is 2.32. The summed E-state index contributed by atoms with van der Waals surface area (Å²) < 4.78 is 26.9. The summed E-state index contributed by atoms with van der Waals surface area (Å²) in [4.78, 5) is 14.8. The number of hydrogen-bond donors (Lipinski definition) is 1. The van der Waals surface area contributed by atoms with Crippen molar-refractivity contribution in [1.29, 1.82) is 0 Å². The lowest BCUT2D eigenvalue weighted by Gasteiger charge is -2.33. The summed E-state index contributed by atoms with van der Waals surface area (Å²) in [5.74, 6) is -0.122. The summed E-state index contributed by atoms with van der Waals surface area (Å²) in [5, 5.41) is 3.63. The van der Waals surface area contributed by atoms with E-state index < -0.39 is 10.0 Å². The van der Waals surface area contributed by atoms with Crippen LogP contribution in [0.25, 0.3) is 0 Å². The van der Waals surface area contributed by atoms with Gasteiger partial charge in [0.05, 0.1) is 5.75 Å². The predicted octanol–water partition coefficient (Wildman–Crippen LogP) is 2.09. The van der Waals surface area contributed by atoms with Crippen LogP contribution in [0.1, 0.15) is 31.2 Å². The lowest BCUT2D eigenvalue weighted by atomic mass is 9.96. The van der Waals surface area contributed by atoms with E-state index in [2.05, 4.69) is 17.3 Å². The highest BCUT2D eigenvalue weighted by Crippen LogP contribution is 2.24. The predicted molar refractivity (Wildman–Crippen MR) is 107 cm³/mol. The first kappa shape index (κ1) is 20.6. The van der Waals surface area contributed by atoms with E-state index in [1.54, 1.807) is 24.3 Å². The second-order valence-electron chi connectivity index (χ2n) is 7.61. The molecule has 1 N–H and O–H groups in total. The van der Waals surface area contributed by atoms with E-state index >= 15 is 0 Å². The van der Waals surface area contributed by atoms with Crippen LogP contribution in [0, 0.1) is 5.92 Å². The Bertz CT molecular complexity index is 755. The third-order valence-corrected chi connectivity index (χ3v) is 7.78. The van der Waals surface area contributed by atoms with Crippen LogP contribution in [0.15, 0.2) is 24.3 Å². The lowest BCUT2D eigenvalue weighted by molar-refractivity contribution is -0.127. The van der Waals surface area contributed by atoms with Crippen molar-refractivity contribution in [3.63, 3.8) is 0 Å². The first-order chi connectivity index (χ1) is 12.8. The summed E-state index contributed by atoms with van der Waals surface area (Å²) in [7, 11) is -1.34. The third-order valence-electron chi connectivity index (χ3n) is 5.58. The van der Waals surface area contributed by atoms with Gasteiger partial charge >= 0.3 is 0 Å². The van der Waals surface area contributed by atoms with Crippen molar-refractivity contribution in [3.05, 3.63) is 34.9 Å². The number of likely N-dealkylation sites (tertiary alicyclic amines) is 1. The van der Waals surface area contributed by atoms with E-state index in [4.69, 9.17) is 11.6 Å². The Morgan fingerprint density at radius 2 is 1.74 bits per heavy atom. The first-order valence-corrected chi connectivity index (χ1v) is 11.5. The van der Waals surface area contributed by atoms with Gasteiger partial charge in [-0.05, 0) is 57.5 Å². The number of nitrogens with one attached hydrogen (secondary N) is 1. The van der Waals surface area contributed by atoms with Gasteiger partial charge in [0.25, 0.3) is 0 Å². The Labute approximate surface area is 166 Å². The van der Waals surface area contributed by atoms with Crippen molar-refractivity contribution in [2.24, 2.45) is 5.92 Å². The van der Waals surface area contributed by atoms with Crippen LogP contribution in [-0.4, -0.2) is 62.8 Å². The molecular weight excluding hydrogens is 386 g/mol. The zero-order valence-corrected chi connectivity index (χ0v) is 17.3. The minimum atomic E-state index is -3.43. The largest absolute Gasteiger partial charge is 0.353 e. The third kappa shape index (κ3) is 5.44. The van der Waals surface area contributed by atoms with E-state index in [9.17, 15) is 13.2 Å². The van der Waals surface area contributed by atoms with E-state index in [0.29, 0.717) is 36.5 Å². The molecule has 1 aromatic carbocycles. The topological polar surface area (TPSA) is 69.7 Å². The Morgan fingerprint density at radius 3 is 2.37 bits per heavy atom. The summed E-state index contributed by atoms with van der Waals surface area (Å²) in [6, 6.07) is 7.26. The molecule has 2 fully saturated rings. The Morgan fingerprint density at radius 1 is 1.11 bits per heavy atom. The van der Waals surface area contributed by atoms with Gasteiger partial charge in [0, 0.05) is 30.1 Å². The molecule has 0 unspecified atom stereocenters. The molecule has 0 saturated carbocycles. The average Bonchev–Trinajstić information content (AvgIpc) is 2.65. The molecule has 2 aliphatic heterocycles. The molecule has 2 heterocycles. The van der Waals surface area contributed by atoms with Crippen molar-refractivity contribution in [2.45, 2.75) is 37.5 Å².